The highest BCUT2D eigenvalue weighted by molar-refractivity contribution is 7.60. The molecule has 1 aromatic heterocycles. The van der Waals surface area contributed by atoms with E-state index in [-0.39, 0.29) is 35.6 Å². The highest BCUT2D eigenvalue weighted by Gasteiger charge is 2.36. The number of hydrogen-bond donors (Lipinski definition) is 5. The van der Waals surface area contributed by atoms with Crippen LogP contribution in [0.3, 0.4) is 0 Å². The third-order valence-electron chi connectivity index (χ3n) is 3.65. The second kappa shape index (κ2) is 4.96. The van der Waals surface area contributed by atoms with Crippen LogP contribution in [0, 0.1) is 5.92 Å². The summed E-state index contributed by atoms with van der Waals surface area (Å²) in [6, 6.07) is -0.00480. The van der Waals surface area contributed by atoms with Crippen molar-refractivity contribution in [2.45, 2.75) is 12.5 Å². The van der Waals surface area contributed by atoms with Crippen LogP contribution in [-0.4, -0.2) is 44.2 Å². The molecule has 114 valence electrons. The van der Waals surface area contributed by atoms with Gasteiger partial charge in [0.15, 0.2) is 11.3 Å². The van der Waals surface area contributed by atoms with Crippen LogP contribution in [0.25, 0.3) is 0 Å². The van der Waals surface area contributed by atoms with E-state index in [4.69, 9.17) is 5.73 Å². The summed E-state index contributed by atoms with van der Waals surface area (Å²) in [6.07, 6.45) is 4.59. The van der Waals surface area contributed by atoms with Gasteiger partial charge in [-0.2, -0.15) is 4.98 Å². The highest BCUT2D eigenvalue weighted by atomic mass is 31.2. The van der Waals surface area contributed by atoms with Crippen LogP contribution in [0.2, 0.25) is 0 Å². The summed E-state index contributed by atoms with van der Waals surface area (Å²) in [4.78, 5) is 28.4. The van der Waals surface area contributed by atoms with E-state index in [1.165, 1.54) is 0 Å². The monoisotopic (exact) mass is 313 g/mol. The van der Waals surface area contributed by atoms with Crippen molar-refractivity contribution < 1.29 is 19.5 Å². The molecule has 0 spiro atoms. The fourth-order valence-electron chi connectivity index (χ4n) is 2.66. The number of nitrogen functional groups attached to an aromatic ring is 1. The molecule has 6 N–H and O–H groups in total. The van der Waals surface area contributed by atoms with Crippen LogP contribution in [0.15, 0.2) is 12.2 Å². The Morgan fingerprint density at radius 1 is 1.43 bits per heavy atom. The molecular formula is C11H16N5O4P. The van der Waals surface area contributed by atoms with Gasteiger partial charge in [0.2, 0.25) is 5.95 Å². The Morgan fingerprint density at radius 3 is 2.81 bits per heavy atom. The minimum Gasteiger partial charge on any atom is -0.396 e. The lowest BCUT2D eigenvalue weighted by atomic mass is 10.1. The van der Waals surface area contributed by atoms with Gasteiger partial charge >= 0.3 is 7.60 Å². The van der Waals surface area contributed by atoms with E-state index in [2.05, 4.69) is 15.3 Å². The summed E-state index contributed by atoms with van der Waals surface area (Å²) < 4.78 is 11.5. The summed E-state index contributed by atoms with van der Waals surface area (Å²) in [5, 5.41) is 12.1. The van der Waals surface area contributed by atoms with E-state index < -0.39 is 7.60 Å². The highest BCUT2D eigenvalue weighted by Crippen LogP contribution is 2.42. The topological polar surface area (TPSA) is 145 Å². The van der Waals surface area contributed by atoms with Crippen molar-refractivity contribution in [3.8, 4) is 0 Å². The molecule has 2 atom stereocenters. The third kappa shape index (κ3) is 2.49. The van der Waals surface area contributed by atoms with Gasteiger partial charge in [-0.3, -0.25) is 4.57 Å². The van der Waals surface area contributed by atoms with Crippen LogP contribution < -0.4 is 21.4 Å². The van der Waals surface area contributed by atoms with E-state index >= 15 is 0 Å². The number of aliphatic hydroxyl groups is 1. The smallest absolute Gasteiger partial charge is 0.376 e. The Balaban J connectivity index is 1.98. The van der Waals surface area contributed by atoms with Gasteiger partial charge in [0.05, 0.1) is 12.7 Å². The largest absolute Gasteiger partial charge is 0.396 e. The zero-order chi connectivity index (χ0) is 15.2. The second-order valence-electron chi connectivity index (χ2n) is 5.08. The van der Waals surface area contributed by atoms with Crippen molar-refractivity contribution in [2.24, 2.45) is 5.92 Å². The van der Waals surface area contributed by atoms with E-state index in [9.17, 15) is 19.5 Å². The maximum atomic E-state index is 11.5. The van der Waals surface area contributed by atoms with Gasteiger partial charge in [0.25, 0.3) is 0 Å². The Labute approximate surface area is 120 Å². The first kappa shape index (κ1) is 14.3. The quantitative estimate of drug-likeness (QED) is 0.350. The average molecular weight is 313 g/mol. The normalized spacial score (nSPS) is 24.2. The van der Waals surface area contributed by atoms with Crippen LogP contribution in [0.4, 0.5) is 17.5 Å². The minimum atomic E-state index is -4.54. The van der Waals surface area contributed by atoms with Gasteiger partial charge in [-0.25, -0.2) is 4.98 Å². The molecule has 1 aromatic rings. The van der Waals surface area contributed by atoms with E-state index in [1.807, 2.05) is 17.1 Å². The Hall–Kier alpha value is -1.67. The number of rotatable bonds is 3. The van der Waals surface area contributed by atoms with Crippen LogP contribution in [-0.2, 0) is 4.57 Å². The number of nitrogens with two attached hydrogens (primary N) is 1. The lowest BCUT2D eigenvalue weighted by Gasteiger charge is -2.24. The maximum Gasteiger partial charge on any atom is 0.376 e. The molecule has 10 heteroatoms. The molecule has 2 heterocycles. The van der Waals surface area contributed by atoms with E-state index in [0.29, 0.717) is 18.9 Å². The number of aliphatic hydroxyl groups excluding tert-OH is 1. The third-order valence-corrected chi connectivity index (χ3v) is 4.52. The molecule has 21 heavy (non-hydrogen) atoms. The van der Waals surface area contributed by atoms with E-state index in [0.717, 1.165) is 0 Å². The molecule has 2 aliphatic rings. The fourth-order valence-corrected chi connectivity index (χ4v) is 3.37. The first-order valence-corrected chi connectivity index (χ1v) is 8.04. The molecule has 0 saturated heterocycles. The van der Waals surface area contributed by atoms with Gasteiger partial charge in [0, 0.05) is 12.5 Å². The predicted octanol–water partition coefficient (Wildman–Crippen LogP) is -1.01. The molecule has 0 bridgehead atoms. The minimum absolute atomic E-state index is 0.00480. The molecule has 0 radical (unpaired) electrons. The van der Waals surface area contributed by atoms with Crippen molar-refractivity contribution in [3.63, 3.8) is 0 Å². The first-order valence-electron chi connectivity index (χ1n) is 6.43. The van der Waals surface area contributed by atoms with Gasteiger partial charge in [-0.1, -0.05) is 12.2 Å². The summed E-state index contributed by atoms with van der Waals surface area (Å²) in [7, 11) is -4.54. The van der Waals surface area contributed by atoms with Crippen LogP contribution in [0.5, 0.6) is 0 Å². The zero-order valence-corrected chi connectivity index (χ0v) is 11.9. The van der Waals surface area contributed by atoms with Crippen LogP contribution >= 0.6 is 7.60 Å². The van der Waals surface area contributed by atoms with Crippen molar-refractivity contribution in [3.05, 3.63) is 12.2 Å². The summed E-state index contributed by atoms with van der Waals surface area (Å²) in [6.45, 7) is 0.425. The van der Waals surface area contributed by atoms with E-state index in [1.54, 1.807) is 0 Å². The number of nitrogens with one attached hydrogen (secondary N) is 1. The first-order chi connectivity index (χ1) is 9.90. The van der Waals surface area contributed by atoms with Gasteiger partial charge in [0.1, 0.15) is 5.69 Å². The average Bonchev–Trinajstić information content (AvgIpc) is 3.01. The van der Waals surface area contributed by atoms with Gasteiger partial charge < -0.3 is 30.8 Å². The Bertz CT molecular complexity index is 646. The SMILES string of the molecule is Nc1nc2c(c(P(=O)(O)O)n1)NCN2C1C=CC(CO)C1. The van der Waals surface area contributed by atoms with Crippen LogP contribution in [0.1, 0.15) is 6.42 Å². The summed E-state index contributed by atoms with van der Waals surface area (Å²) >= 11 is 0. The fraction of sp³-hybridized carbons (Fsp3) is 0.455. The maximum absolute atomic E-state index is 11.5. The number of fused-ring (bicyclic) bond motifs is 1. The predicted molar refractivity (Wildman–Crippen MR) is 77.2 cm³/mol. The Kier molecular flexibility index (Phi) is 3.37. The number of hydrogen-bond acceptors (Lipinski definition) is 7. The van der Waals surface area contributed by atoms with Gasteiger partial charge in [-0.15, -0.1) is 0 Å². The molecule has 2 unspecified atom stereocenters. The molecule has 1 aliphatic heterocycles. The van der Waals surface area contributed by atoms with Crippen molar-refractivity contribution in [1.82, 2.24) is 9.97 Å². The molecule has 0 aromatic carbocycles. The number of nitrogens with zero attached hydrogens (tertiary/aromatic N) is 3. The lowest BCUT2D eigenvalue weighted by molar-refractivity contribution is 0.248. The second-order valence-corrected chi connectivity index (χ2v) is 6.59. The molecule has 1 aliphatic carbocycles. The number of anilines is 3. The zero-order valence-electron chi connectivity index (χ0n) is 11.0. The Morgan fingerprint density at radius 2 is 2.19 bits per heavy atom. The molecule has 0 amide bonds. The molecule has 0 fully saturated rings. The molecule has 3 rings (SSSR count). The lowest BCUT2D eigenvalue weighted by Crippen LogP contribution is -2.33. The van der Waals surface area contributed by atoms with Crippen molar-refractivity contribution >= 4 is 30.5 Å². The standard InChI is InChI=1S/C11H16N5O4P/c12-11-14-9-8(10(15-11)21(18,19)20)13-5-16(9)7-2-1-6(3-7)4-17/h1-2,6-7,13,17H,3-5H2,(H2,12,14,15)(H2,18,19,20). The van der Waals surface area contributed by atoms with Crippen molar-refractivity contribution in [1.29, 1.82) is 0 Å². The molecule has 9 nitrogen and oxygen atoms in total. The summed E-state index contributed by atoms with van der Waals surface area (Å²) in [5.74, 6) is 0.287. The molecule has 0 saturated carbocycles. The van der Waals surface area contributed by atoms with Crippen molar-refractivity contribution in [2.75, 3.05) is 29.2 Å². The number of aromatic nitrogens is 2. The summed E-state index contributed by atoms with van der Waals surface area (Å²) in [5.41, 5.74) is 5.40. The molecular weight excluding hydrogens is 297 g/mol. The van der Waals surface area contributed by atoms with Gasteiger partial charge in [-0.05, 0) is 6.42 Å².